The first kappa shape index (κ1) is 46.5. The van der Waals surface area contributed by atoms with Crippen LogP contribution in [0.1, 0.15) is 81.9 Å². The van der Waals surface area contributed by atoms with Crippen molar-refractivity contribution in [3.8, 4) is 33.3 Å². The van der Waals surface area contributed by atoms with Gasteiger partial charge in [0.05, 0.1) is 46.0 Å². The zero-order chi connectivity index (χ0) is 47.8. The van der Waals surface area contributed by atoms with Crippen molar-refractivity contribution in [3.63, 3.8) is 0 Å². The number of nitrogens with zero attached hydrogens (tertiary/aromatic N) is 7. The minimum absolute atomic E-state index is 0.0600. The SMILES string of the molecule is Cc1ncsc1-c1ccc([C@H](C)NC(=O)[C@@H]2C[C@@H](O)CN2C(=O)[C@H](c2cc(OCCN3CCC(O[C@H]4C[C@H](Oc5ccc(-c6ccc7c8cnccc8n(C)c7c6)cn5)C4)CC3)no2)C(C)C)cc1. The van der Waals surface area contributed by atoms with Gasteiger partial charge in [-0.15, -0.1) is 11.3 Å². The van der Waals surface area contributed by atoms with Gasteiger partial charge in [0.15, 0.2) is 5.76 Å². The number of hydrogen-bond donors (Lipinski definition) is 2. The fourth-order valence-corrected chi connectivity index (χ4v) is 11.0. The number of carbonyl (C=O) groups is 2. The van der Waals surface area contributed by atoms with Crippen molar-refractivity contribution in [1.29, 1.82) is 0 Å². The quantitative estimate of drug-likeness (QED) is 0.0953. The lowest BCUT2D eigenvalue weighted by Gasteiger charge is -2.39. The smallest absolute Gasteiger partial charge is 0.254 e. The molecule has 10 rings (SSSR count). The number of pyridine rings is 2. The number of aryl methyl sites for hydroxylation is 2. The van der Waals surface area contributed by atoms with E-state index in [0.29, 0.717) is 24.1 Å². The van der Waals surface area contributed by atoms with Gasteiger partial charge >= 0.3 is 0 Å². The average Bonchev–Trinajstić information content (AvgIpc) is 4.15. The first-order valence-corrected chi connectivity index (χ1v) is 25.1. The van der Waals surface area contributed by atoms with Gasteiger partial charge in [-0.25, -0.2) is 9.97 Å². The Labute approximate surface area is 405 Å². The monoisotopic (exact) mass is 952 g/mol. The molecule has 7 aromatic rings. The molecule has 0 radical (unpaired) electrons. The molecule has 360 valence electrons. The molecule has 1 saturated carbocycles. The van der Waals surface area contributed by atoms with Crippen molar-refractivity contribution in [1.82, 2.24) is 39.8 Å². The number of aliphatic hydroxyl groups excluding tert-OH is 1. The Morgan fingerprint density at radius 2 is 1.65 bits per heavy atom. The highest BCUT2D eigenvalue weighted by atomic mass is 32.1. The Balaban J connectivity index is 0.644. The van der Waals surface area contributed by atoms with Crippen LogP contribution in [0.5, 0.6) is 11.8 Å². The molecule has 5 aromatic heterocycles. The maximum Gasteiger partial charge on any atom is 0.254 e. The molecule has 2 aromatic carbocycles. The molecule has 0 spiro atoms. The predicted octanol–water partition coefficient (Wildman–Crippen LogP) is 8.26. The van der Waals surface area contributed by atoms with Gasteiger partial charge in [-0.2, -0.15) is 0 Å². The zero-order valence-electron chi connectivity index (χ0n) is 39.8. The number of rotatable bonds is 16. The topological polar surface area (TPSA) is 170 Å². The lowest BCUT2D eigenvalue weighted by Crippen LogP contribution is -2.48. The summed E-state index contributed by atoms with van der Waals surface area (Å²) in [6, 6.07) is 21.2. The van der Waals surface area contributed by atoms with Crippen molar-refractivity contribution in [2.45, 2.75) is 102 Å². The number of fused-ring (bicyclic) bond motifs is 3. The molecule has 2 amide bonds. The largest absolute Gasteiger partial charge is 0.474 e. The molecule has 0 unspecified atom stereocenters. The van der Waals surface area contributed by atoms with Gasteiger partial charge in [-0.3, -0.25) is 19.5 Å². The highest BCUT2D eigenvalue weighted by Gasteiger charge is 2.44. The molecule has 3 fully saturated rings. The fraction of sp³-hybridized carbons (Fsp3) is 0.434. The van der Waals surface area contributed by atoms with Crippen molar-refractivity contribution in [2.75, 3.05) is 32.8 Å². The zero-order valence-corrected chi connectivity index (χ0v) is 40.6. The number of carbonyl (C=O) groups excluding carboxylic acids is 2. The van der Waals surface area contributed by atoms with E-state index in [0.717, 1.165) is 94.6 Å². The van der Waals surface area contributed by atoms with Gasteiger partial charge in [0.25, 0.3) is 5.88 Å². The number of ether oxygens (including phenoxy) is 3. The summed E-state index contributed by atoms with van der Waals surface area (Å²) in [6.07, 6.45) is 9.08. The molecule has 15 nitrogen and oxygen atoms in total. The van der Waals surface area contributed by atoms with Gasteiger partial charge in [-0.05, 0) is 72.7 Å². The summed E-state index contributed by atoms with van der Waals surface area (Å²) in [5.74, 6) is -0.157. The Morgan fingerprint density at radius 1 is 0.870 bits per heavy atom. The van der Waals surface area contributed by atoms with E-state index in [2.05, 4.69) is 66.2 Å². The van der Waals surface area contributed by atoms with E-state index >= 15 is 0 Å². The summed E-state index contributed by atoms with van der Waals surface area (Å²) in [5, 5.41) is 20.3. The molecular formula is C53H60N8O7S. The fourth-order valence-electron chi connectivity index (χ4n) is 10.2. The van der Waals surface area contributed by atoms with E-state index in [-0.39, 0.29) is 55.1 Å². The first-order valence-electron chi connectivity index (χ1n) is 24.2. The number of thiazole rings is 1. The van der Waals surface area contributed by atoms with Crippen molar-refractivity contribution >= 4 is 45.0 Å². The third-order valence-corrected chi connectivity index (χ3v) is 15.2. The molecule has 7 heterocycles. The standard InChI is InChI=1S/C53H60N8O7S/c1-31(2)50(53(64)61-29-38(62)23-46(61)52(63)57-32(3)34-6-8-35(9-7-34)51-33(4)56-30-69-51)47-26-49(58-68-47)65-21-20-60-18-15-39(16-19-60)66-40-24-41(25-40)67-48-13-11-37(27-55-48)36-10-12-42-43-28-54-17-14-44(43)59(5)45(42)22-36/h6-14,17,22,26-28,30-32,38-41,46,50,62H,15-16,18-21,23-25,29H2,1-5H3,(H,57,63)/t32-,38+,40-,41-,46-,50-/m0/s1. The minimum atomic E-state index is -0.821. The van der Waals surface area contributed by atoms with Crippen LogP contribution in [-0.4, -0.2) is 115 Å². The summed E-state index contributed by atoms with van der Waals surface area (Å²) in [7, 11) is 2.09. The van der Waals surface area contributed by atoms with Crippen LogP contribution in [0.2, 0.25) is 0 Å². The van der Waals surface area contributed by atoms with Crippen molar-refractivity contribution < 1.29 is 33.4 Å². The highest BCUT2D eigenvalue weighted by Crippen LogP contribution is 2.36. The summed E-state index contributed by atoms with van der Waals surface area (Å²) in [5.41, 5.74) is 9.30. The van der Waals surface area contributed by atoms with Gasteiger partial charge in [0.1, 0.15) is 24.7 Å². The lowest BCUT2D eigenvalue weighted by atomic mass is 9.91. The Hall–Kier alpha value is -6.20. The number of nitrogens with one attached hydrogen (secondary N) is 1. The second kappa shape index (κ2) is 20.0. The van der Waals surface area contributed by atoms with Gasteiger partial charge in [0, 0.05) is 105 Å². The second-order valence-electron chi connectivity index (χ2n) is 19.2. The molecule has 69 heavy (non-hydrogen) atoms. The normalized spacial score (nSPS) is 20.9. The van der Waals surface area contributed by atoms with Crippen LogP contribution in [0.4, 0.5) is 0 Å². The van der Waals surface area contributed by atoms with Gasteiger partial charge < -0.3 is 38.6 Å². The van der Waals surface area contributed by atoms with Crippen LogP contribution < -0.4 is 14.8 Å². The van der Waals surface area contributed by atoms with Gasteiger partial charge in [0.2, 0.25) is 17.7 Å². The summed E-state index contributed by atoms with van der Waals surface area (Å²) < 4.78 is 26.7. The van der Waals surface area contributed by atoms with Crippen molar-refractivity contribution in [2.24, 2.45) is 13.0 Å². The second-order valence-corrected chi connectivity index (χ2v) is 20.1. The number of β-amino-alcohol motifs (C(OH)–C–C–N with tert-alkyl or cyclic N) is 1. The maximum absolute atomic E-state index is 14.2. The molecule has 0 bridgehead atoms. The molecule has 4 atom stereocenters. The Bertz CT molecular complexity index is 2900. The number of aromatic nitrogens is 5. The molecule has 2 N–H and O–H groups in total. The third-order valence-electron chi connectivity index (χ3n) is 14.2. The summed E-state index contributed by atoms with van der Waals surface area (Å²) in [4.78, 5) is 46.2. The van der Waals surface area contributed by atoms with E-state index in [1.54, 1.807) is 17.4 Å². The van der Waals surface area contributed by atoms with Gasteiger partial charge in [-0.1, -0.05) is 50.2 Å². The first-order chi connectivity index (χ1) is 33.4. The van der Waals surface area contributed by atoms with Crippen LogP contribution in [0, 0.1) is 12.8 Å². The van der Waals surface area contributed by atoms with Crippen LogP contribution in [0.3, 0.4) is 0 Å². The van der Waals surface area contributed by atoms with Crippen LogP contribution in [0.25, 0.3) is 43.4 Å². The van der Waals surface area contributed by atoms with E-state index < -0.39 is 18.1 Å². The molecule has 1 aliphatic carbocycles. The summed E-state index contributed by atoms with van der Waals surface area (Å²) >= 11 is 1.59. The predicted molar refractivity (Wildman–Crippen MR) is 264 cm³/mol. The maximum atomic E-state index is 14.2. The van der Waals surface area contributed by atoms with Crippen LogP contribution in [-0.2, 0) is 21.4 Å². The number of benzene rings is 2. The Kier molecular flexibility index (Phi) is 13.5. The van der Waals surface area contributed by atoms with Crippen LogP contribution in [0.15, 0.2) is 95.4 Å². The lowest BCUT2D eigenvalue weighted by molar-refractivity contribution is -0.141. The van der Waals surface area contributed by atoms with E-state index in [4.69, 9.17) is 18.7 Å². The number of aliphatic hydroxyl groups is 1. The summed E-state index contributed by atoms with van der Waals surface area (Å²) in [6.45, 7) is 10.8. The van der Waals surface area contributed by atoms with Crippen LogP contribution >= 0.6 is 11.3 Å². The molecule has 2 aliphatic heterocycles. The van der Waals surface area contributed by atoms with E-state index in [1.807, 2.05) is 88.2 Å². The number of hydrogen-bond acceptors (Lipinski definition) is 13. The Morgan fingerprint density at radius 3 is 2.39 bits per heavy atom. The molecule has 16 heteroatoms. The van der Waals surface area contributed by atoms with E-state index in [9.17, 15) is 14.7 Å². The third kappa shape index (κ3) is 9.98. The minimum Gasteiger partial charge on any atom is -0.474 e. The van der Waals surface area contributed by atoms with Crippen molar-refractivity contribution in [3.05, 3.63) is 108 Å². The number of piperidine rings is 1. The molecule has 2 saturated heterocycles. The average molecular weight is 953 g/mol. The number of likely N-dealkylation sites (tertiary alicyclic amines) is 2. The number of amides is 2. The molecular weight excluding hydrogens is 893 g/mol. The van der Waals surface area contributed by atoms with E-state index in [1.165, 1.54) is 10.3 Å². The highest BCUT2D eigenvalue weighted by molar-refractivity contribution is 7.13. The molecule has 3 aliphatic rings.